The lowest BCUT2D eigenvalue weighted by Crippen LogP contribution is -1.93. The van der Waals surface area contributed by atoms with Gasteiger partial charge in [0.2, 0.25) is 0 Å². The van der Waals surface area contributed by atoms with Crippen LogP contribution in [0.2, 0.25) is 0 Å². The van der Waals surface area contributed by atoms with Crippen LogP contribution in [0.3, 0.4) is 0 Å². The van der Waals surface area contributed by atoms with Gasteiger partial charge in [0.05, 0.1) is 0 Å². The summed E-state index contributed by atoms with van der Waals surface area (Å²) < 4.78 is 13.3. The molecule has 0 aliphatic heterocycles. The Balaban J connectivity index is 2.57. The highest BCUT2D eigenvalue weighted by Crippen LogP contribution is 2.18. The van der Waals surface area contributed by atoms with Crippen LogP contribution < -0.4 is 0 Å². The second kappa shape index (κ2) is 6.05. The van der Waals surface area contributed by atoms with Gasteiger partial charge in [-0.1, -0.05) is 24.3 Å². The molecular formula is C13H15FO2. The molecule has 0 fully saturated rings. The Labute approximate surface area is 94.4 Å². The molecule has 0 aromatic heterocycles. The summed E-state index contributed by atoms with van der Waals surface area (Å²) in [5, 5.41) is 8.46. The zero-order valence-corrected chi connectivity index (χ0v) is 9.24. The maximum absolute atomic E-state index is 13.3. The van der Waals surface area contributed by atoms with E-state index < -0.39 is 5.97 Å². The van der Waals surface area contributed by atoms with Crippen LogP contribution in [0.4, 0.5) is 4.39 Å². The number of benzene rings is 1. The minimum Gasteiger partial charge on any atom is -0.481 e. The normalized spacial score (nSPS) is 11.5. The van der Waals surface area contributed by atoms with Crippen LogP contribution in [-0.4, -0.2) is 11.1 Å². The quantitative estimate of drug-likeness (QED) is 0.774. The average Bonchev–Trinajstić information content (AvgIpc) is 2.24. The highest BCUT2D eigenvalue weighted by molar-refractivity contribution is 5.67. The Hall–Kier alpha value is -1.64. The number of carbonyl (C=O) groups is 1. The van der Waals surface area contributed by atoms with E-state index in [4.69, 9.17) is 5.11 Å². The van der Waals surface area contributed by atoms with E-state index in [-0.39, 0.29) is 12.2 Å². The fourth-order valence-corrected chi connectivity index (χ4v) is 1.46. The van der Waals surface area contributed by atoms with Gasteiger partial charge in [0.1, 0.15) is 5.82 Å². The van der Waals surface area contributed by atoms with Gasteiger partial charge in [-0.25, -0.2) is 4.39 Å². The maximum atomic E-state index is 13.3. The number of allylic oxidation sites excluding steroid dienone is 2. The lowest BCUT2D eigenvalue weighted by molar-refractivity contribution is -0.137. The van der Waals surface area contributed by atoms with Crippen molar-refractivity contribution in [2.75, 3.05) is 0 Å². The van der Waals surface area contributed by atoms with Crippen molar-refractivity contribution in [3.8, 4) is 0 Å². The first-order valence-corrected chi connectivity index (χ1v) is 5.24. The minimum absolute atomic E-state index is 0.154. The number of hydrogen-bond acceptors (Lipinski definition) is 1. The second-order valence-corrected chi connectivity index (χ2v) is 3.65. The number of halogens is 1. The third-order valence-corrected chi connectivity index (χ3v) is 2.34. The Kier molecular flexibility index (Phi) is 4.70. The predicted molar refractivity (Wildman–Crippen MR) is 61.5 cm³/mol. The molecule has 0 amide bonds. The zero-order valence-electron chi connectivity index (χ0n) is 9.24. The molecule has 0 atom stereocenters. The fraction of sp³-hybridized carbons (Fsp3) is 0.308. The Morgan fingerprint density at radius 2 is 2.12 bits per heavy atom. The number of aliphatic carboxylic acids is 1. The Morgan fingerprint density at radius 3 is 2.75 bits per heavy atom. The molecule has 0 spiro atoms. The lowest BCUT2D eigenvalue weighted by atomic mass is 10.0. The van der Waals surface area contributed by atoms with Crippen molar-refractivity contribution in [3.63, 3.8) is 0 Å². The van der Waals surface area contributed by atoms with Gasteiger partial charge < -0.3 is 5.11 Å². The van der Waals surface area contributed by atoms with Crippen LogP contribution in [0.15, 0.2) is 30.3 Å². The topological polar surface area (TPSA) is 37.3 Å². The lowest BCUT2D eigenvalue weighted by Gasteiger charge is -2.02. The summed E-state index contributed by atoms with van der Waals surface area (Å²) in [5.41, 5.74) is 1.43. The van der Waals surface area contributed by atoms with Gasteiger partial charge in [0.15, 0.2) is 0 Å². The molecule has 0 heterocycles. The van der Waals surface area contributed by atoms with Crippen molar-refractivity contribution in [1.82, 2.24) is 0 Å². The molecule has 0 aliphatic rings. The molecule has 1 N–H and O–H groups in total. The first-order valence-electron chi connectivity index (χ1n) is 5.24. The number of carboxylic acids is 1. The van der Waals surface area contributed by atoms with Crippen LogP contribution in [0, 0.1) is 5.82 Å². The number of rotatable bonds is 5. The summed E-state index contributed by atoms with van der Waals surface area (Å²) >= 11 is 0. The van der Waals surface area contributed by atoms with Crippen LogP contribution in [0.1, 0.15) is 31.7 Å². The maximum Gasteiger partial charge on any atom is 0.303 e. The van der Waals surface area contributed by atoms with Crippen molar-refractivity contribution in [3.05, 3.63) is 41.7 Å². The molecule has 1 rings (SSSR count). The number of carboxylic acid groups (broad SMARTS) is 1. The molecule has 3 heteroatoms. The van der Waals surface area contributed by atoms with E-state index in [1.165, 1.54) is 6.07 Å². The van der Waals surface area contributed by atoms with Gasteiger partial charge in [0.25, 0.3) is 0 Å². The molecule has 0 saturated heterocycles. The van der Waals surface area contributed by atoms with Crippen molar-refractivity contribution < 1.29 is 14.3 Å². The van der Waals surface area contributed by atoms with Crippen molar-refractivity contribution >= 4 is 11.5 Å². The summed E-state index contributed by atoms with van der Waals surface area (Å²) in [4.78, 5) is 10.3. The smallest absolute Gasteiger partial charge is 0.303 e. The average molecular weight is 222 g/mol. The Bertz CT molecular complexity index is 397. The van der Waals surface area contributed by atoms with E-state index in [0.29, 0.717) is 18.4 Å². The molecule has 0 aliphatic carbocycles. The van der Waals surface area contributed by atoms with E-state index in [9.17, 15) is 9.18 Å². The van der Waals surface area contributed by atoms with Crippen LogP contribution in [-0.2, 0) is 4.79 Å². The molecule has 1 aromatic rings. The molecule has 2 nitrogen and oxygen atoms in total. The van der Waals surface area contributed by atoms with Gasteiger partial charge in [-0.2, -0.15) is 0 Å². The van der Waals surface area contributed by atoms with Crippen molar-refractivity contribution in [2.24, 2.45) is 0 Å². The van der Waals surface area contributed by atoms with E-state index in [0.717, 1.165) is 5.57 Å². The Morgan fingerprint density at radius 1 is 1.44 bits per heavy atom. The molecule has 0 saturated carbocycles. The molecular weight excluding hydrogens is 207 g/mol. The summed E-state index contributed by atoms with van der Waals surface area (Å²) in [7, 11) is 0. The monoisotopic (exact) mass is 222 g/mol. The predicted octanol–water partition coefficient (Wildman–Crippen LogP) is 3.48. The van der Waals surface area contributed by atoms with E-state index in [1.54, 1.807) is 18.2 Å². The van der Waals surface area contributed by atoms with Gasteiger partial charge in [0, 0.05) is 12.0 Å². The van der Waals surface area contributed by atoms with Crippen LogP contribution in [0.5, 0.6) is 0 Å². The summed E-state index contributed by atoms with van der Waals surface area (Å²) in [6, 6.07) is 6.58. The van der Waals surface area contributed by atoms with Gasteiger partial charge >= 0.3 is 5.97 Å². The molecule has 16 heavy (non-hydrogen) atoms. The van der Waals surface area contributed by atoms with E-state index in [2.05, 4.69) is 0 Å². The van der Waals surface area contributed by atoms with Gasteiger partial charge in [-0.05, 0) is 31.4 Å². The third kappa shape index (κ3) is 3.85. The highest BCUT2D eigenvalue weighted by atomic mass is 19.1. The minimum atomic E-state index is -0.794. The summed E-state index contributed by atoms with van der Waals surface area (Å²) in [5.74, 6) is -1.04. The summed E-state index contributed by atoms with van der Waals surface area (Å²) in [6.45, 7) is 1.83. The third-order valence-electron chi connectivity index (χ3n) is 2.34. The molecule has 86 valence electrons. The largest absolute Gasteiger partial charge is 0.481 e. The molecule has 0 unspecified atom stereocenters. The van der Waals surface area contributed by atoms with Gasteiger partial charge in [-0.15, -0.1) is 0 Å². The molecule has 0 radical (unpaired) electrons. The molecule has 1 aromatic carbocycles. The highest BCUT2D eigenvalue weighted by Gasteiger charge is 2.02. The first kappa shape index (κ1) is 12.4. The number of hydrogen-bond donors (Lipinski definition) is 1. The van der Waals surface area contributed by atoms with Gasteiger partial charge in [-0.3, -0.25) is 4.79 Å². The van der Waals surface area contributed by atoms with Crippen molar-refractivity contribution in [2.45, 2.75) is 26.2 Å². The van der Waals surface area contributed by atoms with Crippen LogP contribution in [0.25, 0.3) is 5.57 Å². The first-order chi connectivity index (χ1) is 7.61. The number of unbranched alkanes of at least 4 members (excludes halogenated alkanes) is 1. The second-order valence-electron chi connectivity index (χ2n) is 3.65. The molecule has 0 bridgehead atoms. The SMILES string of the molecule is C/C(=C\CCCC(=O)O)c1ccccc1F. The summed E-state index contributed by atoms with van der Waals surface area (Å²) in [6.07, 6.45) is 3.27. The van der Waals surface area contributed by atoms with Crippen molar-refractivity contribution in [1.29, 1.82) is 0 Å². The van der Waals surface area contributed by atoms with E-state index in [1.807, 2.05) is 13.0 Å². The fourth-order valence-electron chi connectivity index (χ4n) is 1.46. The standard InChI is InChI=1S/C13H15FO2/c1-10(6-2-5-9-13(15)16)11-7-3-4-8-12(11)14/h3-4,6-8H,2,5,9H2,1H3,(H,15,16)/b10-6+. The van der Waals surface area contributed by atoms with Crippen LogP contribution >= 0.6 is 0 Å². The van der Waals surface area contributed by atoms with E-state index >= 15 is 0 Å². The zero-order chi connectivity index (χ0) is 12.0.